The third-order valence-electron chi connectivity index (χ3n) is 2.77. The van der Waals surface area contributed by atoms with Gasteiger partial charge in [0.15, 0.2) is 22.8 Å². The number of hydrogen-bond donors (Lipinski definition) is 3. The number of benzene rings is 2. The standard InChI is InChI=1S/C13H8O5/c14-8-3-1-2-6-12(17)7-4-9(15)10(16)5-11(7)18-13(6)8/h1-5,14-16H. The van der Waals surface area contributed by atoms with Crippen LogP contribution in [0.4, 0.5) is 0 Å². The molecule has 90 valence electrons. The zero-order valence-corrected chi connectivity index (χ0v) is 9.04. The zero-order chi connectivity index (χ0) is 12.9. The lowest BCUT2D eigenvalue weighted by molar-refractivity contribution is 0.404. The number of para-hydroxylation sites is 1. The summed E-state index contributed by atoms with van der Waals surface area (Å²) in [6.45, 7) is 0. The van der Waals surface area contributed by atoms with Gasteiger partial charge in [-0.2, -0.15) is 0 Å². The molecule has 0 spiro atoms. The van der Waals surface area contributed by atoms with E-state index in [1.807, 2.05) is 0 Å². The molecule has 0 saturated heterocycles. The maximum Gasteiger partial charge on any atom is 0.200 e. The molecule has 0 aliphatic heterocycles. The van der Waals surface area contributed by atoms with Crippen molar-refractivity contribution in [3.63, 3.8) is 0 Å². The minimum atomic E-state index is -0.394. The first-order chi connectivity index (χ1) is 8.58. The molecular formula is C13H8O5. The van der Waals surface area contributed by atoms with Crippen molar-refractivity contribution in [1.82, 2.24) is 0 Å². The lowest BCUT2D eigenvalue weighted by Gasteiger charge is -2.04. The van der Waals surface area contributed by atoms with E-state index in [-0.39, 0.29) is 38.9 Å². The Morgan fingerprint density at radius 1 is 0.889 bits per heavy atom. The highest BCUT2D eigenvalue weighted by Crippen LogP contribution is 2.32. The van der Waals surface area contributed by atoms with E-state index in [0.717, 1.165) is 12.1 Å². The zero-order valence-electron chi connectivity index (χ0n) is 9.04. The number of aromatic hydroxyl groups is 3. The summed E-state index contributed by atoms with van der Waals surface area (Å²) in [5.41, 5.74) is -0.221. The van der Waals surface area contributed by atoms with Gasteiger partial charge < -0.3 is 19.7 Å². The predicted octanol–water partition coefficient (Wildman–Crippen LogP) is 2.06. The molecule has 5 nitrogen and oxygen atoms in total. The van der Waals surface area contributed by atoms with Crippen LogP contribution in [-0.2, 0) is 0 Å². The van der Waals surface area contributed by atoms with Crippen molar-refractivity contribution in [3.8, 4) is 17.2 Å². The molecule has 0 atom stereocenters. The maximum atomic E-state index is 12.1. The monoisotopic (exact) mass is 244 g/mol. The Kier molecular flexibility index (Phi) is 1.98. The fraction of sp³-hybridized carbons (Fsp3) is 0. The lowest BCUT2D eigenvalue weighted by Crippen LogP contribution is -2.01. The molecule has 3 N–H and O–H groups in total. The van der Waals surface area contributed by atoms with Gasteiger partial charge in [-0.1, -0.05) is 6.07 Å². The summed E-state index contributed by atoms with van der Waals surface area (Å²) in [6.07, 6.45) is 0. The molecule has 0 amide bonds. The van der Waals surface area contributed by atoms with E-state index in [0.29, 0.717) is 0 Å². The van der Waals surface area contributed by atoms with Crippen molar-refractivity contribution in [2.24, 2.45) is 0 Å². The van der Waals surface area contributed by atoms with Gasteiger partial charge >= 0.3 is 0 Å². The van der Waals surface area contributed by atoms with Crippen molar-refractivity contribution in [3.05, 3.63) is 40.6 Å². The van der Waals surface area contributed by atoms with Crippen molar-refractivity contribution in [2.45, 2.75) is 0 Å². The molecule has 18 heavy (non-hydrogen) atoms. The molecule has 0 bridgehead atoms. The van der Waals surface area contributed by atoms with Crippen LogP contribution in [0, 0.1) is 0 Å². The molecule has 0 radical (unpaired) electrons. The quantitative estimate of drug-likeness (QED) is 0.416. The molecule has 0 fully saturated rings. The van der Waals surface area contributed by atoms with E-state index in [2.05, 4.69) is 0 Å². The molecule has 3 rings (SSSR count). The summed E-state index contributed by atoms with van der Waals surface area (Å²) in [6, 6.07) is 6.72. The van der Waals surface area contributed by atoms with Crippen LogP contribution < -0.4 is 5.43 Å². The summed E-state index contributed by atoms with van der Waals surface area (Å²) in [7, 11) is 0. The van der Waals surface area contributed by atoms with Crippen LogP contribution in [0.3, 0.4) is 0 Å². The van der Waals surface area contributed by atoms with Crippen molar-refractivity contribution in [1.29, 1.82) is 0 Å². The maximum absolute atomic E-state index is 12.1. The second-order valence-corrected chi connectivity index (χ2v) is 3.92. The van der Waals surface area contributed by atoms with E-state index < -0.39 is 5.75 Å². The van der Waals surface area contributed by atoms with Gasteiger partial charge in [0.2, 0.25) is 5.43 Å². The third kappa shape index (κ3) is 1.31. The average Bonchev–Trinajstić information content (AvgIpc) is 2.34. The van der Waals surface area contributed by atoms with Crippen molar-refractivity contribution in [2.75, 3.05) is 0 Å². The van der Waals surface area contributed by atoms with Crippen LogP contribution in [0.1, 0.15) is 0 Å². The van der Waals surface area contributed by atoms with E-state index in [9.17, 15) is 20.1 Å². The Labute approximate surface area is 100 Å². The number of fused-ring (bicyclic) bond motifs is 2. The van der Waals surface area contributed by atoms with Gasteiger partial charge in [0, 0.05) is 6.07 Å². The van der Waals surface area contributed by atoms with E-state index in [4.69, 9.17) is 4.42 Å². The van der Waals surface area contributed by atoms with Gasteiger partial charge in [0.25, 0.3) is 0 Å². The lowest BCUT2D eigenvalue weighted by atomic mass is 10.1. The first kappa shape index (κ1) is 10.5. The molecule has 1 heterocycles. The molecular weight excluding hydrogens is 236 g/mol. The van der Waals surface area contributed by atoms with Gasteiger partial charge in [-0.25, -0.2) is 0 Å². The fourth-order valence-electron chi connectivity index (χ4n) is 1.89. The molecule has 0 saturated carbocycles. The predicted molar refractivity (Wildman–Crippen MR) is 65.0 cm³/mol. The van der Waals surface area contributed by atoms with Crippen LogP contribution in [0.15, 0.2) is 39.5 Å². The van der Waals surface area contributed by atoms with Gasteiger partial charge in [0.05, 0.1) is 10.8 Å². The highest BCUT2D eigenvalue weighted by Gasteiger charge is 2.12. The molecule has 0 unspecified atom stereocenters. The van der Waals surface area contributed by atoms with Crippen LogP contribution >= 0.6 is 0 Å². The first-order valence-electron chi connectivity index (χ1n) is 5.18. The summed E-state index contributed by atoms with van der Waals surface area (Å²) < 4.78 is 5.37. The third-order valence-corrected chi connectivity index (χ3v) is 2.77. The van der Waals surface area contributed by atoms with Crippen molar-refractivity contribution >= 4 is 21.9 Å². The van der Waals surface area contributed by atoms with Crippen LogP contribution in [0.2, 0.25) is 0 Å². The Balaban J connectivity index is 2.61. The molecule has 5 heteroatoms. The fourth-order valence-corrected chi connectivity index (χ4v) is 1.89. The second-order valence-electron chi connectivity index (χ2n) is 3.92. The topological polar surface area (TPSA) is 90.9 Å². The first-order valence-corrected chi connectivity index (χ1v) is 5.18. The van der Waals surface area contributed by atoms with E-state index in [1.165, 1.54) is 18.2 Å². The normalized spacial score (nSPS) is 11.1. The van der Waals surface area contributed by atoms with Crippen LogP contribution in [0.25, 0.3) is 21.9 Å². The largest absolute Gasteiger partial charge is 0.504 e. The number of rotatable bonds is 0. The van der Waals surface area contributed by atoms with Crippen LogP contribution in [0.5, 0.6) is 17.2 Å². The molecule has 1 aromatic heterocycles. The number of hydrogen-bond acceptors (Lipinski definition) is 5. The minimum Gasteiger partial charge on any atom is -0.504 e. The molecule has 0 aliphatic carbocycles. The van der Waals surface area contributed by atoms with E-state index in [1.54, 1.807) is 0 Å². The minimum absolute atomic E-state index is 0.0556. The summed E-state index contributed by atoms with van der Waals surface area (Å²) in [5.74, 6) is -0.936. The average molecular weight is 244 g/mol. The van der Waals surface area contributed by atoms with Gasteiger partial charge in [0.1, 0.15) is 5.58 Å². The number of phenols is 3. The molecule has 3 aromatic rings. The van der Waals surface area contributed by atoms with E-state index >= 15 is 0 Å². The second kappa shape index (κ2) is 3.40. The summed E-state index contributed by atoms with van der Waals surface area (Å²) in [5, 5.41) is 28.8. The van der Waals surface area contributed by atoms with Gasteiger partial charge in [-0.15, -0.1) is 0 Å². The van der Waals surface area contributed by atoms with Gasteiger partial charge in [-0.05, 0) is 18.2 Å². The van der Waals surface area contributed by atoms with Crippen molar-refractivity contribution < 1.29 is 19.7 Å². The summed E-state index contributed by atoms with van der Waals surface area (Å²) in [4.78, 5) is 12.1. The number of phenolic OH excluding ortho intramolecular Hbond substituents is 3. The Bertz CT molecular complexity index is 832. The Hall–Kier alpha value is -2.69. The highest BCUT2D eigenvalue weighted by molar-refractivity contribution is 5.93. The Morgan fingerprint density at radius 2 is 1.61 bits per heavy atom. The highest BCUT2D eigenvalue weighted by atomic mass is 16.4. The summed E-state index contributed by atoms with van der Waals surface area (Å²) >= 11 is 0. The molecule has 2 aromatic carbocycles. The SMILES string of the molecule is O=c1c2cc(O)c(O)cc2oc2c(O)cccc12. The smallest absolute Gasteiger partial charge is 0.200 e. The Morgan fingerprint density at radius 3 is 2.39 bits per heavy atom. The van der Waals surface area contributed by atoms with Gasteiger partial charge in [-0.3, -0.25) is 4.79 Å². The molecule has 0 aliphatic rings. The van der Waals surface area contributed by atoms with Crippen LogP contribution in [-0.4, -0.2) is 15.3 Å².